The van der Waals surface area contributed by atoms with Crippen molar-refractivity contribution in [2.24, 2.45) is 0 Å². The number of thiazole rings is 1. The molecule has 4 aromatic rings. The van der Waals surface area contributed by atoms with Gasteiger partial charge in [-0.25, -0.2) is 14.8 Å². The number of nitrogens with zero attached hydrogens (tertiary/aromatic N) is 3. The van der Waals surface area contributed by atoms with Crippen LogP contribution in [0.3, 0.4) is 0 Å². The van der Waals surface area contributed by atoms with Crippen LogP contribution in [-0.2, 0) is 22.5 Å². The number of carbonyl (C=O) groups excluding carboxylic acids is 2. The number of hydrogen-bond donors (Lipinski definition) is 0. The van der Waals surface area contributed by atoms with E-state index in [-0.39, 0.29) is 18.9 Å². The van der Waals surface area contributed by atoms with Crippen molar-refractivity contribution in [3.63, 3.8) is 0 Å². The Morgan fingerprint density at radius 3 is 2.42 bits per heavy atom. The second-order valence-corrected chi connectivity index (χ2v) is 8.26. The summed E-state index contributed by atoms with van der Waals surface area (Å²) in [5, 5.41) is 0.441. The predicted molar refractivity (Wildman–Crippen MR) is 126 cm³/mol. The van der Waals surface area contributed by atoms with Gasteiger partial charge in [-0.15, -0.1) is 0 Å². The molecule has 0 N–H and O–H groups in total. The zero-order chi connectivity index (χ0) is 23.2. The Morgan fingerprint density at radius 2 is 1.73 bits per heavy atom. The van der Waals surface area contributed by atoms with E-state index in [0.29, 0.717) is 33.8 Å². The van der Waals surface area contributed by atoms with Crippen LogP contribution in [0.5, 0.6) is 0 Å². The number of anilines is 1. The van der Waals surface area contributed by atoms with E-state index in [1.54, 1.807) is 18.7 Å². The highest BCUT2D eigenvalue weighted by Crippen LogP contribution is 2.29. The Bertz CT molecular complexity index is 1240. The Kier molecular flexibility index (Phi) is 6.95. The first kappa shape index (κ1) is 22.4. The molecule has 0 bridgehead atoms. The lowest BCUT2D eigenvalue weighted by Gasteiger charge is -2.19. The molecule has 0 aliphatic rings. The van der Waals surface area contributed by atoms with Gasteiger partial charge in [0.2, 0.25) is 11.8 Å². The number of aryl methyl sites for hydroxylation is 1. The zero-order valence-corrected chi connectivity index (χ0v) is 19.2. The molecule has 4 rings (SSSR count). The van der Waals surface area contributed by atoms with E-state index in [9.17, 15) is 9.59 Å². The molecule has 0 aliphatic carbocycles. The first-order chi connectivity index (χ1) is 16.0. The summed E-state index contributed by atoms with van der Waals surface area (Å²) < 4.78 is 10.7. The van der Waals surface area contributed by atoms with Crippen LogP contribution in [0.25, 0.3) is 11.5 Å². The second kappa shape index (κ2) is 10.2. The van der Waals surface area contributed by atoms with Crippen molar-refractivity contribution >= 4 is 28.3 Å². The SMILES string of the molecule is CCOC(=O)c1sc(N(Cc2ccccc2)C(=O)Cc2coc(-c3ccccc3)n2)nc1C. The summed E-state index contributed by atoms with van der Waals surface area (Å²) >= 11 is 1.15. The van der Waals surface area contributed by atoms with Gasteiger partial charge >= 0.3 is 5.97 Å². The minimum atomic E-state index is -0.435. The summed E-state index contributed by atoms with van der Waals surface area (Å²) in [5.74, 6) is -0.173. The molecule has 0 fully saturated rings. The van der Waals surface area contributed by atoms with Gasteiger partial charge in [0.25, 0.3) is 0 Å². The summed E-state index contributed by atoms with van der Waals surface area (Å²) in [4.78, 5) is 36.6. The van der Waals surface area contributed by atoms with Crippen LogP contribution >= 0.6 is 11.3 Å². The zero-order valence-electron chi connectivity index (χ0n) is 18.4. The molecule has 8 heteroatoms. The highest BCUT2D eigenvalue weighted by molar-refractivity contribution is 7.17. The minimum Gasteiger partial charge on any atom is -0.462 e. The van der Waals surface area contributed by atoms with E-state index in [0.717, 1.165) is 22.5 Å². The Balaban J connectivity index is 1.60. The summed E-state index contributed by atoms with van der Waals surface area (Å²) in [6.45, 7) is 4.08. The predicted octanol–water partition coefficient (Wildman–Crippen LogP) is 5.06. The molecule has 7 nitrogen and oxygen atoms in total. The second-order valence-electron chi connectivity index (χ2n) is 7.28. The normalized spacial score (nSPS) is 10.7. The highest BCUT2D eigenvalue weighted by Gasteiger charge is 2.25. The number of benzene rings is 2. The van der Waals surface area contributed by atoms with Crippen LogP contribution < -0.4 is 4.90 Å². The van der Waals surface area contributed by atoms with Gasteiger partial charge in [0.05, 0.1) is 31.0 Å². The van der Waals surface area contributed by atoms with Crippen LogP contribution in [0.15, 0.2) is 71.3 Å². The molecule has 1 amide bonds. The molecular formula is C25H23N3O4S. The largest absolute Gasteiger partial charge is 0.462 e. The summed E-state index contributed by atoms with van der Waals surface area (Å²) in [6.07, 6.45) is 1.54. The summed E-state index contributed by atoms with van der Waals surface area (Å²) in [6, 6.07) is 19.1. The number of ether oxygens (including phenoxy) is 1. The van der Waals surface area contributed by atoms with Crippen molar-refractivity contribution in [1.82, 2.24) is 9.97 Å². The van der Waals surface area contributed by atoms with Gasteiger partial charge in [0, 0.05) is 5.56 Å². The van der Waals surface area contributed by atoms with Gasteiger partial charge in [-0.2, -0.15) is 0 Å². The van der Waals surface area contributed by atoms with Gasteiger partial charge in [-0.05, 0) is 31.5 Å². The van der Waals surface area contributed by atoms with Crippen molar-refractivity contribution < 1.29 is 18.7 Å². The van der Waals surface area contributed by atoms with E-state index in [2.05, 4.69) is 9.97 Å². The molecule has 0 spiro atoms. The number of hydrogen-bond acceptors (Lipinski definition) is 7. The highest BCUT2D eigenvalue weighted by atomic mass is 32.1. The van der Waals surface area contributed by atoms with Crippen molar-refractivity contribution in [3.05, 3.63) is 88.8 Å². The third-order valence-corrected chi connectivity index (χ3v) is 6.03. The Morgan fingerprint density at radius 1 is 1.03 bits per heavy atom. The number of esters is 1. The standard InChI is InChI=1S/C25H23N3O4S/c1-3-31-24(30)22-17(2)26-25(33-22)28(15-18-10-6-4-7-11-18)21(29)14-20-16-32-23(27-20)19-12-8-5-9-13-19/h4-13,16H,3,14-15H2,1-2H3. The number of oxazole rings is 1. The molecule has 0 saturated carbocycles. The molecule has 2 heterocycles. The van der Waals surface area contributed by atoms with E-state index in [4.69, 9.17) is 9.15 Å². The van der Waals surface area contributed by atoms with Crippen LogP contribution in [-0.4, -0.2) is 28.5 Å². The smallest absolute Gasteiger partial charge is 0.350 e. The molecule has 0 saturated heterocycles. The summed E-state index contributed by atoms with van der Waals surface area (Å²) in [5.41, 5.74) is 2.84. The fourth-order valence-corrected chi connectivity index (χ4v) is 4.24. The van der Waals surface area contributed by atoms with Gasteiger partial charge in [0.15, 0.2) is 5.13 Å². The third-order valence-electron chi connectivity index (χ3n) is 4.87. The molecule has 168 valence electrons. The fourth-order valence-electron chi connectivity index (χ4n) is 3.26. The molecular weight excluding hydrogens is 438 g/mol. The van der Waals surface area contributed by atoms with Crippen molar-refractivity contribution in [2.45, 2.75) is 26.8 Å². The molecule has 0 aliphatic heterocycles. The average Bonchev–Trinajstić information content (AvgIpc) is 3.45. The third kappa shape index (κ3) is 5.35. The monoisotopic (exact) mass is 461 g/mol. The lowest BCUT2D eigenvalue weighted by atomic mass is 10.2. The average molecular weight is 462 g/mol. The maximum Gasteiger partial charge on any atom is 0.350 e. The molecule has 0 unspecified atom stereocenters. The topological polar surface area (TPSA) is 85.5 Å². The quantitative estimate of drug-likeness (QED) is 0.341. The number of carbonyl (C=O) groups is 2. The summed E-state index contributed by atoms with van der Waals surface area (Å²) in [7, 11) is 0. The van der Waals surface area contributed by atoms with Gasteiger partial charge < -0.3 is 9.15 Å². The van der Waals surface area contributed by atoms with E-state index >= 15 is 0 Å². The molecule has 2 aromatic heterocycles. The maximum atomic E-state index is 13.4. The fraction of sp³-hybridized carbons (Fsp3) is 0.200. The minimum absolute atomic E-state index is 0.0382. The Labute approximate surface area is 195 Å². The Hall–Kier alpha value is -3.78. The van der Waals surface area contributed by atoms with E-state index < -0.39 is 5.97 Å². The van der Waals surface area contributed by atoms with Crippen LogP contribution in [0.2, 0.25) is 0 Å². The van der Waals surface area contributed by atoms with Crippen molar-refractivity contribution in [2.75, 3.05) is 11.5 Å². The van der Waals surface area contributed by atoms with Crippen LogP contribution in [0.4, 0.5) is 5.13 Å². The lowest BCUT2D eigenvalue weighted by molar-refractivity contribution is -0.118. The maximum absolute atomic E-state index is 13.4. The first-order valence-electron chi connectivity index (χ1n) is 10.5. The number of amides is 1. The van der Waals surface area contributed by atoms with Crippen molar-refractivity contribution in [1.29, 1.82) is 0 Å². The van der Waals surface area contributed by atoms with Crippen LogP contribution in [0.1, 0.15) is 33.5 Å². The molecule has 0 atom stereocenters. The first-order valence-corrected chi connectivity index (χ1v) is 11.4. The lowest BCUT2D eigenvalue weighted by Crippen LogP contribution is -2.31. The van der Waals surface area contributed by atoms with E-state index in [1.807, 2.05) is 60.7 Å². The molecule has 2 aromatic carbocycles. The van der Waals surface area contributed by atoms with E-state index in [1.165, 1.54) is 6.26 Å². The van der Waals surface area contributed by atoms with Gasteiger partial charge in [-0.1, -0.05) is 59.9 Å². The van der Waals surface area contributed by atoms with Crippen molar-refractivity contribution in [3.8, 4) is 11.5 Å². The number of aromatic nitrogens is 2. The number of rotatable bonds is 8. The molecule has 33 heavy (non-hydrogen) atoms. The van der Waals surface area contributed by atoms with Crippen LogP contribution in [0, 0.1) is 6.92 Å². The molecule has 0 radical (unpaired) electrons. The van der Waals surface area contributed by atoms with Gasteiger partial charge in [0.1, 0.15) is 11.1 Å². The van der Waals surface area contributed by atoms with Gasteiger partial charge in [-0.3, -0.25) is 9.69 Å².